The highest BCUT2D eigenvalue weighted by atomic mass is 14.6. The van der Waals surface area contributed by atoms with Gasteiger partial charge in [0, 0.05) is 0 Å². The molecule has 1 aliphatic rings. The van der Waals surface area contributed by atoms with Crippen LogP contribution in [0.15, 0.2) is 24.3 Å². The van der Waals surface area contributed by atoms with Crippen LogP contribution in [0.5, 0.6) is 0 Å². The lowest BCUT2D eigenvalue weighted by atomic mass is 9.94. The van der Waals surface area contributed by atoms with Gasteiger partial charge < -0.3 is 0 Å². The molecule has 1 heteroatoms. The van der Waals surface area contributed by atoms with Crippen molar-refractivity contribution in [2.75, 3.05) is 0 Å². The second kappa shape index (κ2) is 3.13. The van der Waals surface area contributed by atoms with Crippen molar-refractivity contribution >= 4 is 0 Å². The van der Waals surface area contributed by atoms with Crippen molar-refractivity contribution in [3.05, 3.63) is 35.4 Å². The number of nitrogens with zero attached hydrogens (tertiary/aromatic N) is 1. The van der Waals surface area contributed by atoms with Crippen LogP contribution in [-0.4, -0.2) is 0 Å². The zero-order chi connectivity index (χ0) is 10.2. The molecule has 1 saturated carbocycles. The summed E-state index contributed by atoms with van der Waals surface area (Å²) in [6.45, 7) is 4.30. The van der Waals surface area contributed by atoms with Crippen molar-refractivity contribution in [3.8, 4) is 6.07 Å². The van der Waals surface area contributed by atoms with Gasteiger partial charge in [-0.1, -0.05) is 38.1 Å². The van der Waals surface area contributed by atoms with E-state index in [9.17, 15) is 0 Å². The molecule has 1 aromatic rings. The van der Waals surface area contributed by atoms with Crippen molar-refractivity contribution in [1.82, 2.24) is 0 Å². The van der Waals surface area contributed by atoms with Crippen LogP contribution in [0.1, 0.15) is 31.4 Å². The Bertz CT molecular complexity index is 371. The van der Waals surface area contributed by atoms with Gasteiger partial charge in [0.2, 0.25) is 0 Å². The van der Waals surface area contributed by atoms with E-state index in [1.165, 1.54) is 11.1 Å². The normalized spacial score (nSPS) is 29.6. The van der Waals surface area contributed by atoms with Gasteiger partial charge >= 0.3 is 0 Å². The van der Waals surface area contributed by atoms with Crippen molar-refractivity contribution in [1.29, 1.82) is 5.26 Å². The summed E-state index contributed by atoms with van der Waals surface area (Å²) in [4.78, 5) is 0. The SMILES string of the molecule is CCc1ccc(C2(C#N)CC2C)cc1. The molecule has 1 aliphatic carbocycles. The zero-order valence-corrected chi connectivity index (χ0v) is 8.75. The fraction of sp³-hybridized carbons (Fsp3) is 0.462. The number of rotatable bonds is 2. The van der Waals surface area contributed by atoms with E-state index in [0.717, 1.165) is 12.8 Å². The van der Waals surface area contributed by atoms with Gasteiger partial charge in [-0.15, -0.1) is 0 Å². The minimum Gasteiger partial charge on any atom is -0.197 e. The third-order valence-corrected chi connectivity index (χ3v) is 3.39. The van der Waals surface area contributed by atoms with Crippen LogP contribution in [0.2, 0.25) is 0 Å². The molecule has 14 heavy (non-hydrogen) atoms. The summed E-state index contributed by atoms with van der Waals surface area (Å²) in [5.74, 6) is 0.528. The van der Waals surface area contributed by atoms with Crippen molar-refractivity contribution in [2.45, 2.75) is 32.1 Å². The Balaban J connectivity index is 2.31. The topological polar surface area (TPSA) is 23.8 Å². The Hall–Kier alpha value is -1.29. The maximum atomic E-state index is 9.16. The fourth-order valence-electron chi connectivity index (χ4n) is 2.08. The van der Waals surface area contributed by atoms with Crippen LogP contribution < -0.4 is 0 Å². The second-order valence-corrected chi connectivity index (χ2v) is 4.24. The molecule has 0 spiro atoms. The highest BCUT2D eigenvalue weighted by Gasteiger charge is 2.53. The monoisotopic (exact) mass is 185 g/mol. The van der Waals surface area contributed by atoms with Crippen LogP contribution in [0.3, 0.4) is 0 Å². The first kappa shape index (κ1) is 9.27. The molecule has 1 aromatic carbocycles. The average molecular weight is 185 g/mol. The minimum atomic E-state index is -0.160. The van der Waals surface area contributed by atoms with E-state index in [2.05, 4.69) is 44.2 Å². The Morgan fingerprint density at radius 1 is 1.43 bits per heavy atom. The number of benzene rings is 1. The minimum absolute atomic E-state index is 0.160. The first-order valence-corrected chi connectivity index (χ1v) is 5.23. The molecule has 72 valence electrons. The first-order valence-electron chi connectivity index (χ1n) is 5.23. The molecule has 0 heterocycles. The second-order valence-electron chi connectivity index (χ2n) is 4.24. The maximum absolute atomic E-state index is 9.16. The van der Waals surface area contributed by atoms with Gasteiger partial charge in [-0.05, 0) is 29.9 Å². The molecule has 0 aliphatic heterocycles. The molecule has 0 amide bonds. The molecule has 2 unspecified atom stereocenters. The van der Waals surface area contributed by atoms with Gasteiger partial charge in [0.15, 0.2) is 0 Å². The van der Waals surface area contributed by atoms with Crippen molar-refractivity contribution < 1.29 is 0 Å². The molecule has 2 rings (SSSR count). The summed E-state index contributed by atoms with van der Waals surface area (Å²) < 4.78 is 0. The molecule has 2 atom stereocenters. The molecule has 1 fully saturated rings. The summed E-state index contributed by atoms with van der Waals surface area (Å²) in [6, 6.07) is 11.0. The van der Waals surface area contributed by atoms with E-state index < -0.39 is 0 Å². The fourth-order valence-corrected chi connectivity index (χ4v) is 2.08. The molecule has 1 nitrogen and oxygen atoms in total. The zero-order valence-electron chi connectivity index (χ0n) is 8.75. The van der Waals surface area contributed by atoms with E-state index in [0.29, 0.717) is 5.92 Å². The summed E-state index contributed by atoms with van der Waals surface area (Å²) in [7, 11) is 0. The smallest absolute Gasteiger partial charge is 0.0851 e. The number of hydrogen-bond donors (Lipinski definition) is 0. The van der Waals surface area contributed by atoms with Gasteiger partial charge in [-0.2, -0.15) is 5.26 Å². The standard InChI is InChI=1S/C13H15N/c1-3-11-4-6-12(7-5-11)13(9-14)8-10(13)2/h4-7,10H,3,8H2,1-2H3. The lowest BCUT2D eigenvalue weighted by molar-refractivity contribution is 0.791. The van der Waals surface area contributed by atoms with Crippen LogP contribution in [0.25, 0.3) is 0 Å². The van der Waals surface area contributed by atoms with E-state index in [4.69, 9.17) is 5.26 Å². The van der Waals surface area contributed by atoms with E-state index in [1.807, 2.05) is 0 Å². The maximum Gasteiger partial charge on any atom is 0.0851 e. The summed E-state index contributed by atoms with van der Waals surface area (Å²) in [5, 5.41) is 9.16. The third-order valence-electron chi connectivity index (χ3n) is 3.39. The van der Waals surface area contributed by atoms with Gasteiger partial charge in [-0.3, -0.25) is 0 Å². The van der Waals surface area contributed by atoms with Crippen molar-refractivity contribution in [2.24, 2.45) is 5.92 Å². The summed E-state index contributed by atoms with van der Waals surface area (Å²) in [6.07, 6.45) is 2.09. The van der Waals surface area contributed by atoms with Crippen LogP contribution in [0, 0.1) is 17.2 Å². The molecular weight excluding hydrogens is 170 g/mol. The Labute approximate surface area is 85.4 Å². The van der Waals surface area contributed by atoms with Crippen LogP contribution >= 0.6 is 0 Å². The Morgan fingerprint density at radius 3 is 2.36 bits per heavy atom. The molecule has 0 saturated heterocycles. The van der Waals surface area contributed by atoms with Gasteiger partial charge in [-0.25, -0.2) is 0 Å². The van der Waals surface area contributed by atoms with Gasteiger partial charge in [0.1, 0.15) is 0 Å². The Kier molecular flexibility index (Phi) is 2.07. The molecule has 0 bridgehead atoms. The van der Waals surface area contributed by atoms with E-state index in [1.54, 1.807) is 0 Å². The van der Waals surface area contributed by atoms with Crippen LogP contribution in [-0.2, 0) is 11.8 Å². The average Bonchev–Trinajstić information content (AvgIpc) is 2.91. The molecule has 0 radical (unpaired) electrons. The highest BCUT2D eigenvalue weighted by Crippen LogP contribution is 2.53. The Morgan fingerprint density at radius 2 is 2.00 bits per heavy atom. The first-order chi connectivity index (χ1) is 6.73. The molecule has 0 N–H and O–H groups in total. The highest BCUT2D eigenvalue weighted by molar-refractivity contribution is 5.41. The number of aryl methyl sites for hydroxylation is 1. The lowest BCUT2D eigenvalue weighted by Gasteiger charge is -2.07. The summed E-state index contributed by atoms with van der Waals surface area (Å²) >= 11 is 0. The van der Waals surface area contributed by atoms with Crippen LogP contribution in [0.4, 0.5) is 0 Å². The molecule has 0 aromatic heterocycles. The largest absolute Gasteiger partial charge is 0.197 e. The van der Waals surface area contributed by atoms with E-state index >= 15 is 0 Å². The predicted molar refractivity (Wildman–Crippen MR) is 56.9 cm³/mol. The van der Waals surface area contributed by atoms with Gasteiger partial charge in [0.05, 0.1) is 11.5 Å². The summed E-state index contributed by atoms with van der Waals surface area (Å²) in [5.41, 5.74) is 2.38. The predicted octanol–water partition coefficient (Wildman–Crippen LogP) is 3.05. The molecular formula is C13H15N. The number of hydrogen-bond acceptors (Lipinski definition) is 1. The van der Waals surface area contributed by atoms with Gasteiger partial charge in [0.25, 0.3) is 0 Å². The quantitative estimate of drug-likeness (QED) is 0.694. The lowest BCUT2D eigenvalue weighted by Crippen LogP contribution is -2.05. The van der Waals surface area contributed by atoms with E-state index in [-0.39, 0.29) is 5.41 Å². The van der Waals surface area contributed by atoms with Crippen molar-refractivity contribution in [3.63, 3.8) is 0 Å². The number of nitriles is 1. The third kappa shape index (κ3) is 1.23.